The van der Waals surface area contributed by atoms with Crippen molar-refractivity contribution in [3.05, 3.63) is 24.2 Å². The number of hydrazine groups is 1. The molecule has 1 aromatic rings. The molecule has 22 heavy (non-hydrogen) atoms. The number of furan rings is 1. The number of carbonyl (C=O) groups is 3. The zero-order chi connectivity index (χ0) is 16.7. The van der Waals surface area contributed by atoms with Crippen LogP contribution in [0.25, 0.3) is 0 Å². The largest absolute Gasteiger partial charge is 0.481 e. The van der Waals surface area contributed by atoms with E-state index in [1.807, 2.05) is 13.8 Å². The number of amides is 2. The second kappa shape index (κ2) is 8.21. The van der Waals surface area contributed by atoms with Crippen LogP contribution < -0.4 is 10.9 Å². The molecule has 122 valence electrons. The lowest BCUT2D eigenvalue weighted by atomic mass is 9.84. The molecule has 0 spiro atoms. The van der Waals surface area contributed by atoms with E-state index in [0.717, 1.165) is 0 Å². The highest BCUT2D eigenvalue weighted by atomic mass is 16.4. The van der Waals surface area contributed by atoms with Crippen molar-refractivity contribution in [2.75, 3.05) is 0 Å². The molecule has 0 unspecified atom stereocenters. The van der Waals surface area contributed by atoms with Gasteiger partial charge in [-0.2, -0.15) is 0 Å². The third kappa shape index (κ3) is 5.59. The molecule has 2 atom stereocenters. The predicted molar refractivity (Wildman–Crippen MR) is 78.7 cm³/mol. The SMILES string of the molecule is CC(C)C[C@H](C(=O)O)[C@H](C)CC(=O)NNC(=O)c1ccco1. The highest BCUT2D eigenvalue weighted by Gasteiger charge is 2.27. The molecule has 7 nitrogen and oxygen atoms in total. The molecule has 1 heterocycles. The summed E-state index contributed by atoms with van der Waals surface area (Å²) in [7, 11) is 0. The van der Waals surface area contributed by atoms with Crippen molar-refractivity contribution in [1.82, 2.24) is 10.9 Å². The first-order valence-corrected chi connectivity index (χ1v) is 7.16. The molecule has 1 rings (SSSR count). The van der Waals surface area contributed by atoms with Crippen molar-refractivity contribution in [3.8, 4) is 0 Å². The summed E-state index contributed by atoms with van der Waals surface area (Å²) < 4.78 is 4.88. The van der Waals surface area contributed by atoms with Crippen LogP contribution in [-0.2, 0) is 9.59 Å². The quantitative estimate of drug-likeness (QED) is 0.666. The minimum atomic E-state index is -0.909. The molecule has 0 aliphatic heterocycles. The first kappa shape index (κ1) is 17.7. The summed E-state index contributed by atoms with van der Waals surface area (Å²) in [6, 6.07) is 3.02. The van der Waals surface area contributed by atoms with E-state index in [9.17, 15) is 19.5 Å². The van der Waals surface area contributed by atoms with E-state index in [1.54, 1.807) is 13.0 Å². The van der Waals surface area contributed by atoms with Crippen molar-refractivity contribution >= 4 is 17.8 Å². The Balaban J connectivity index is 2.45. The number of carboxylic acid groups (broad SMARTS) is 1. The Labute approximate surface area is 129 Å². The third-order valence-corrected chi connectivity index (χ3v) is 3.30. The fourth-order valence-electron chi connectivity index (χ4n) is 2.17. The van der Waals surface area contributed by atoms with Gasteiger partial charge in [-0.1, -0.05) is 20.8 Å². The number of carboxylic acids is 1. The summed E-state index contributed by atoms with van der Waals surface area (Å²) in [5.41, 5.74) is 4.48. The molecule has 1 aromatic heterocycles. The van der Waals surface area contributed by atoms with Gasteiger partial charge >= 0.3 is 11.9 Å². The van der Waals surface area contributed by atoms with E-state index in [1.165, 1.54) is 12.3 Å². The van der Waals surface area contributed by atoms with Crippen LogP contribution in [0.3, 0.4) is 0 Å². The fraction of sp³-hybridized carbons (Fsp3) is 0.533. The predicted octanol–water partition coefficient (Wildman–Crippen LogP) is 1.81. The van der Waals surface area contributed by atoms with E-state index in [0.29, 0.717) is 6.42 Å². The Kier molecular flexibility index (Phi) is 6.62. The molecule has 7 heteroatoms. The monoisotopic (exact) mass is 310 g/mol. The smallest absolute Gasteiger partial charge is 0.306 e. The minimum absolute atomic E-state index is 0.0160. The van der Waals surface area contributed by atoms with Crippen LogP contribution in [0.15, 0.2) is 22.8 Å². The zero-order valence-corrected chi connectivity index (χ0v) is 13.0. The highest BCUT2D eigenvalue weighted by Crippen LogP contribution is 2.23. The van der Waals surface area contributed by atoms with Crippen LogP contribution >= 0.6 is 0 Å². The normalized spacial score (nSPS) is 13.5. The van der Waals surface area contributed by atoms with E-state index >= 15 is 0 Å². The van der Waals surface area contributed by atoms with Crippen LogP contribution in [0.5, 0.6) is 0 Å². The van der Waals surface area contributed by atoms with Crippen LogP contribution in [0.2, 0.25) is 0 Å². The second-order valence-electron chi connectivity index (χ2n) is 5.74. The second-order valence-corrected chi connectivity index (χ2v) is 5.74. The van der Waals surface area contributed by atoms with E-state index in [4.69, 9.17) is 4.42 Å². The van der Waals surface area contributed by atoms with Gasteiger partial charge in [0.25, 0.3) is 0 Å². The molecule has 0 aliphatic rings. The van der Waals surface area contributed by atoms with Gasteiger partial charge in [-0.25, -0.2) is 0 Å². The average Bonchev–Trinajstić information content (AvgIpc) is 2.95. The standard InChI is InChI=1S/C15H22N2O5/c1-9(2)7-11(15(20)21)10(3)8-13(18)16-17-14(19)12-5-4-6-22-12/h4-6,9-11H,7-8H2,1-3H3,(H,16,18)(H,17,19)(H,20,21)/t10-,11+/m1/s1. The van der Waals surface area contributed by atoms with Crippen LogP contribution in [0, 0.1) is 17.8 Å². The molecular weight excluding hydrogens is 288 g/mol. The Morgan fingerprint density at radius 2 is 1.91 bits per heavy atom. The summed E-state index contributed by atoms with van der Waals surface area (Å²) in [6.45, 7) is 5.59. The van der Waals surface area contributed by atoms with Gasteiger partial charge in [0.1, 0.15) is 0 Å². The Morgan fingerprint density at radius 1 is 1.23 bits per heavy atom. The molecule has 0 fully saturated rings. The number of carbonyl (C=O) groups excluding carboxylic acids is 2. The van der Waals surface area contributed by atoms with Crippen molar-refractivity contribution in [2.45, 2.75) is 33.6 Å². The lowest BCUT2D eigenvalue weighted by molar-refractivity contribution is -0.144. The van der Waals surface area contributed by atoms with E-state index in [-0.39, 0.29) is 24.0 Å². The molecule has 0 saturated carbocycles. The topological polar surface area (TPSA) is 109 Å². The molecule has 3 N–H and O–H groups in total. The van der Waals surface area contributed by atoms with Crippen molar-refractivity contribution in [3.63, 3.8) is 0 Å². The molecule has 0 radical (unpaired) electrons. The average molecular weight is 310 g/mol. The Morgan fingerprint density at radius 3 is 2.41 bits per heavy atom. The Bertz CT molecular complexity index is 510. The summed E-state index contributed by atoms with van der Waals surface area (Å²) in [5, 5.41) is 9.23. The van der Waals surface area contributed by atoms with Gasteiger partial charge in [0.2, 0.25) is 5.91 Å². The van der Waals surface area contributed by atoms with Crippen LogP contribution in [-0.4, -0.2) is 22.9 Å². The lowest BCUT2D eigenvalue weighted by Crippen LogP contribution is -2.42. The number of rotatable bonds is 7. The van der Waals surface area contributed by atoms with Crippen LogP contribution in [0.1, 0.15) is 44.2 Å². The van der Waals surface area contributed by atoms with Crippen molar-refractivity contribution in [2.24, 2.45) is 17.8 Å². The first-order chi connectivity index (χ1) is 10.3. The van der Waals surface area contributed by atoms with Gasteiger partial charge < -0.3 is 9.52 Å². The number of hydrogen-bond acceptors (Lipinski definition) is 4. The summed E-state index contributed by atoms with van der Waals surface area (Å²) in [6.07, 6.45) is 1.87. The molecule has 0 saturated heterocycles. The van der Waals surface area contributed by atoms with E-state index < -0.39 is 23.7 Å². The molecule has 0 aromatic carbocycles. The third-order valence-electron chi connectivity index (χ3n) is 3.30. The van der Waals surface area contributed by atoms with Crippen molar-refractivity contribution < 1.29 is 23.9 Å². The molecular formula is C15H22N2O5. The summed E-state index contributed by atoms with van der Waals surface area (Å²) in [5.74, 6) is -2.53. The number of aliphatic carboxylic acids is 1. The van der Waals surface area contributed by atoms with Gasteiger partial charge in [-0.15, -0.1) is 0 Å². The molecule has 0 aliphatic carbocycles. The summed E-state index contributed by atoms with van der Waals surface area (Å²) >= 11 is 0. The fourth-order valence-corrected chi connectivity index (χ4v) is 2.17. The van der Waals surface area contributed by atoms with E-state index in [2.05, 4.69) is 10.9 Å². The zero-order valence-electron chi connectivity index (χ0n) is 13.0. The first-order valence-electron chi connectivity index (χ1n) is 7.16. The molecule has 0 bridgehead atoms. The Hall–Kier alpha value is -2.31. The minimum Gasteiger partial charge on any atom is -0.481 e. The number of hydrogen-bond donors (Lipinski definition) is 3. The maximum Gasteiger partial charge on any atom is 0.306 e. The highest BCUT2D eigenvalue weighted by molar-refractivity contribution is 5.92. The lowest BCUT2D eigenvalue weighted by Gasteiger charge is -2.21. The van der Waals surface area contributed by atoms with Crippen LogP contribution in [0.4, 0.5) is 0 Å². The summed E-state index contributed by atoms with van der Waals surface area (Å²) in [4.78, 5) is 34.6. The van der Waals surface area contributed by atoms with Gasteiger partial charge in [-0.05, 0) is 30.4 Å². The van der Waals surface area contributed by atoms with Gasteiger partial charge in [0.15, 0.2) is 5.76 Å². The van der Waals surface area contributed by atoms with Crippen molar-refractivity contribution in [1.29, 1.82) is 0 Å². The number of nitrogens with one attached hydrogen (secondary N) is 2. The molecule has 2 amide bonds. The maximum absolute atomic E-state index is 11.8. The van der Waals surface area contributed by atoms with Gasteiger partial charge in [0, 0.05) is 6.42 Å². The van der Waals surface area contributed by atoms with Gasteiger partial charge in [0.05, 0.1) is 12.2 Å². The maximum atomic E-state index is 11.8. The van der Waals surface area contributed by atoms with Gasteiger partial charge in [-0.3, -0.25) is 25.2 Å².